The van der Waals surface area contributed by atoms with Gasteiger partial charge in [-0.1, -0.05) is 0 Å². The third-order valence-electron chi connectivity index (χ3n) is 3.31. The minimum atomic E-state index is -0.715. The summed E-state index contributed by atoms with van der Waals surface area (Å²) in [7, 11) is 0. The molecule has 0 spiro atoms. The fraction of sp³-hybridized carbons (Fsp3) is 0.583. The Labute approximate surface area is 100 Å². The molecule has 1 aromatic rings. The second-order valence-electron chi connectivity index (χ2n) is 4.57. The van der Waals surface area contributed by atoms with E-state index in [1.54, 1.807) is 0 Å². The summed E-state index contributed by atoms with van der Waals surface area (Å²) in [4.78, 5) is 21.7. The van der Waals surface area contributed by atoms with Crippen molar-refractivity contribution in [2.24, 2.45) is 5.92 Å². The van der Waals surface area contributed by atoms with Gasteiger partial charge in [0.1, 0.15) is 11.6 Å². The van der Waals surface area contributed by atoms with Gasteiger partial charge in [-0.15, -0.1) is 0 Å². The Morgan fingerprint density at radius 3 is 2.65 bits per heavy atom. The molecule has 0 unspecified atom stereocenters. The van der Waals surface area contributed by atoms with E-state index < -0.39 is 5.97 Å². The normalized spacial score (nSPS) is 19.7. The smallest absolute Gasteiger partial charge is 0.308 e. The van der Waals surface area contributed by atoms with E-state index in [1.807, 2.05) is 20.8 Å². The first-order valence-corrected chi connectivity index (χ1v) is 5.78. The van der Waals surface area contributed by atoms with Crippen LogP contribution in [0.5, 0.6) is 0 Å². The number of aromatic nitrogens is 2. The average molecular weight is 235 g/mol. The number of nitrogens with zero attached hydrogens (tertiary/aromatic N) is 3. The van der Waals surface area contributed by atoms with Crippen molar-refractivity contribution in [3.63, 3.8) is 0 Å². The van der Waals surface area contributed by atoms with Gasteiger partial charge >= 0.3 is 5.97 Å². The maximum atomic E-state index is 10.9. The summed E-state index contributed by atoms with van der Waals surface area (Å²) in [6.45, 7) is 7.11. The van der Waals surface area contributed by atoms with Crippen LogP contribution in [-0.4, -0.2) is 34.1 Å². The van der Waals surface area contributed by atoms with Gasteiger partial charge in [-0.25, -0.2) is 9.97 Å². The zero-order valence-electron chi connectivity index (χ0n) is 10.4. The van der Waals surface area contributed by atoms with Crippen molar-refractivity contribution in [3.05, 3.63) is 17.1 Å². The molecule has 5 heteroatoms. The van der Waals surface area contributed by atoms with Crippen LogP contribution >= 0.6 is 0 Å². The van der Waals surface area contributed by atoms with Gasteiger partial charge in [-0.2, -0.15) is 0 Å². The molecule has 1 atom stereocenters. The predicted molar refractivity (Wildman–Crippen MR) is 64.2 cm³/mol. The summed E-state index contributed by atoms with van der Waals surface area (Å²) in [5.41, 5.74) is 2.01. The minimum absolute atomic E-state index is 0.273. The first-order chi connectivity index (χ1) is 7.99. The number of aryl methyl sites for hydroxylation is 2. The lowest BCUT2D eigenvalue weighted by molar-refractivity contribution is -0.140. The molecule has 92 valence electrons. The van der Waals surface area contributed by atoms with E-state index in [1.165, 1.54) is 0 Å². The van der Waals surface area contributed by atoms with E-state index in [-0.39, 0.29) is 5.92 Å². The molecule has 0 amide bonds. The SMILES string of the molecule is Cc1nc(C)c(C)c(N2CC[C@H](C(=O)O)C2)n1. The molecule has 2 heterocycles. The molecule has 0 aliphatic carbocycles. The maximum absolute atomic E-state index is 10.9. The lowest BCUT2D eigenvalue weighted by Gasteiger charge is -2.20. The van der Waals surface area contributed by atoms with Crippen molar-refractivity contribution in [1.29, 1.82) is 0 Å². The molecule has 5 nitrogen and oxygen atoms in total. The van der Waals surface area contributed by atoms with Gasteiger partial charge < -0.3 is 10.0 Å². The highest BCUT2D eigenvalue weighted by Gasteiger charge is 2.29. The molecule has 1 aromatic heterocycles. The van der Waals surface area contributed by atoms with E-state index in [9.17, 15) is 4.79 Å². The molecular formula is C12H17N3O2. The van der Waals surface area contributed by atoms with Crippen LogP contribution in [0.3, 0.4) is 0 Å². The van der Waals surface area contributed by atoms with Crippen LogP contribution in [0.1, 0.15) is 23.5 Å². The molecule has 0 bridgehead atoms. The second kappa shape index (κ2) is 4.31. The van der Waals surface area contributed by atoms with Gasteiger partial charge in [0.05, 0.1) is 5.92 Å². The van der Waals surface area contributed by atoms with Gasteiger partial charge in [-0.3, -0.25) is 4.79 Å². The zero-order valence-corrected chi connectivity index (χ0v) is 10.4. The summed E-state index contributed by atoms with van der Waals surface area (Å²) >= 11 is 0. The summed E-state index contributed by atoms with van der Waals surface area (Å²) in [6.07, 6.45) is 0.691. The Morgan fingerprint density at radius 1 is 1.35 bits per heavy atom. The number of carboxylic acid groups (broad SMARTS) is 1. The molecule has 17 heavy (non-hydrogen) atoms. The quantitative estimate of drug-likeness (QED) is 0.837. The lowest BCUT2D eigenvalue weighted by atomic mass is 10.1. The molecule has 1 saturated heterocycles. The molecule has 1 fully saturated rings. The Balaban J connectivity index is 2.27. The third-order valence-corrected chi connectivity index (χ3v) is 3.31. The van der Waals surface area contributed by atoms with Gasteiger partial charge in [0.25, 0.3) is 0 Å². The Hall–Kier alpha value is -1.65. The molecular weight excluding hydrogens is 218 g/mol. The standard InChI is InChI=1S/C12H17N3O2/c1-7-8(2)13-9(3)14-11(7)15-5-4-10(6-15)12(16)17/h10H,4-6H2,1-3H3,(H,16,17)/t10-/m0/s1. The number of carbonyl (C=O) groups is 1. The van der Waals surface area contributed by atoms with Crippen molar-refractivity contribution in [3.8, 4) is 0 Å². The van der Waals surface area contributed by atoms with Crippen molar-refractivity contribution >= 4 is 11.8 Å². The van der Waals surface area contributed by atoms with Crippen LogP contribution in [0.15, 0.2) is 0 Å². The molecule has 0 aromatic carbocycles. The highest BCUT2D eigenvalue weighted by Crippen LogP contribution is 2.26. The molecule has 1 N–H and O–H groups in total. The lowest BCUT2D eigenvalue weighted by Crippen LogP contribution is -2.25. The van der Waals surface area contributed by atoms with E-state index in [4.69, 9.17) is 5.11 Å². The highest BCUT2D eigenvalue weighted by molar-refractivity contribution is 5.72. The summed E-state index contributed by atoms with van der Waals surface area (Å²) in [5, 5.41) is 9.00. The van der Waals surface area contributed by atoms with E-state index in [0.717, 1.165) is 29.4 Å². The number of hydrogen-bond donors (Lipinski definition) is 1. The van der Waals surface area contributed by atoms with Crippen LogP contribution in [-0.2, 0) is 4.79 Å². The monoisotopic (exact) mass is 235 g/mol. The molecule has 1 aliphatic rings. The zero-order chi connectivity index (χ0) is 12.6. The molecule has 0 saturated carbocycles. The van der Waals surface area contributed by atoms with Crippen LogP contribution in [0.4, 0.5) is 5.82 Å². The summed E-state index contributed by atoms with van der Waals surface area (Å²) < 4.78 is 0. The Kier molecular flexibility index (Phi) is 3.00. The van der Waals surface area contributed by atoms with Crippen molar-refractivity contribution < 1.29 is 9.90 Å². The topological polar surface area (TPSA) is 66.3 Å². The predicted octanol–water partition coefficient (Wildman–Crippen LogP) is 1.31. The van der Waals surface area contributed by atoms with Crippen molar-refractivity contribution in [2.75, 3.05) is 18.0 Å². The first kappa shape index (κ1) is 11.8. The number of hydrogen-bond acceptors (Lipinski definition) is 4. The second-order valence-corrected chi connectivity index (χ2v) is 4.57. The van der Waals surface area contributed by atoms with Crippen LogP contribution in [0.25, 0.3) is 0 Å². The minimum Gasteiger partial charge on any atom is -0.481 e. The Morgan fingerprint density at radius 2 is 2.06 bits per heavy atom. The number of rotatable bonds is 2. The number of anilines is 1. The van der Waals surface area contributed by atoms with Gasteiger partial charge in [0.15, 0.2) is 0 Å². The highest BCUT2D eigenvalue weighted by atomic mass is 16.4. The number of aliphatic carboxylic acids is 1. The summed E-state index contributed by atoms with van der Waals surface area (Å²) in [6, 6.07) is 0. The van der Waals surface area contributed by atoms with Gasteiger partial charge in [-0.05, 0) is 27.2 Å². The van der Waals surface area contributed by atoms with E-state index in [0.29, 0.717) is 13.0 Å². The van der Waals surface area contributed by atoms with Crippen molar-refractivity contribution in [1.82, 2.24) is 9.97 Å². The first-order valence-electron chi connectivity index (χ1n) is 5.78. The van der Waals surface area contributed by atoms with Crippen molar-refractivity contribution in [2.45, 2.75) is 27.2 Å². The Bertz CT molecular complexity index is 459. The van der Waals surface area contributed by atoms with Crippen LogP contribution < -0.4 is 4.90 Å². The largest absolute Gasteiger partial charge is 0.481 e. The van der Waals surface area contributed by atoms with Crippen LogP contribution in [0, 0.1) is 26.7 Å². The fourth-order valence-corrected chi connectivity index (χ4v) is 2.21. The van der Waals surface area contributed by atoms with Crippen LogP contribution in [0.2, 0.25) is 0 Å². The van der Waals surface area contributed by atoms with Gasteiger partial charge in [0, 0.05) is 24.3 Å². The summed E-state index contributed by atoms with van der Waals surface area (Å²) in [5.74, 6) is 0.637. The molecule has 1 aliphatic heterocycles. The molecule has 0 radical (unpaired) electrons. The molecule has 2 rings (SSSR count). The van der Waals surface area contributed by atoms with E-state index >= 15 is 0 Å². The third kappa shape index (κ3) is 2.23. The van der Waals surface area contributed by atoms with E-state index in [2.05, 4.69) is 14.9 Å². The fourth-order valence-electron chi connectivity index (χ4n) is 2.21. The van der Waals surface area contributed by atoms with Gasteiger partial charge in [0.2, 0.25) is 0 Å². The number of carboxylic acids is 1. The maximum Gasteiger partial charge on any atom is 0.308 e. The average Bonchev–Trinajstić information content (AvgIpc) is 2.72.